The number of benzene rings is 3. The monoisotopic (exact) mass is 437 g/mol. The minimum Gasteiger partial charge on any atom is -0.326 e. The summed E-state index contributed by atoms with van der Waals surface area (Å²) in [6, 6.07) is 21.3. The molecule has 160 valence electrons. The molecule has 0 radical (unpaired) electrons. The molecule has 3 rings (SSSR count). The minimum atomic E-state index is -3.70. The van der Waals surface area contributed by atoms with Crippen molar-refractivity contribution in [3.05, 3.63) is 84.4 Å². The number of hydrogen-bond acceptors (Lipinski definition) is 4. The van der Waals surface area contributed by atoms with Gasteiger partial charge in [0, 0.05) is 30.4 Å². The van der Waals surface area contributed by atoms with Crippen LogP contribution in [0.5, 0.6) is 0 Å². The lowest BCUT2D eigenvalue weighted by molar-refractivity contribution is -0.114. The van der Waals surface area contributed by atoms with Crippen molar-refractivity contribution in [2.45, 2.75) is 18.7 Å². The van der Waals surface area contributed by atoms with Crippen LogP contribution >= 0.6 is 0 Å². The summed E-state index contributed by atoms with van der Waals surface area (Å²) in [7, 11) is -3.70. The first-order valence-electron chi connectivity index (χ1n) is 9.68. The molecule has 2 N–H and O–H groups in total. The van der Waals surface area contributed by atoms with Gasteiger partial charge in [-0.25, -0.2) is 8.42 Å². The molecule has 0 heterocycles. The van der Waals surface area contributed by atoms with Crippen LogP contribution in [-0.4, -0.2) is 26.8 Å². The predicted molar refractivity (Wildman–Crippen MR) is 122 cm³/mol. The lowest BCUT2D eigenvalue weighted by atomic mass is 10.2. The van der Waals surface area contributed by atoms with E-state index in [-0.39, 0.29) is 23.3 Å². The van der Waals surface area contributed by atoms with Crippen molar-refractivity contribution < 1.29 is 18.0 Å². The van der Waals surface area contributed by atoms with E-state index in [1.165, 1.54) is 11.2 Å². The molecule has 0 fully saturated rings. The van der Waals surface area contributed by atoms with Gasteiger partial charge in [0.25, 0.3) is 15.9 Å². The topological polar surface area (TPSA) is 95.6 Å². The first-order chi connectivity index (χ1) is 14.8. The molecule has 8 heteroatoms. The van der Waals surface area contributed by atoms with Crippen LogP contribution < -0.4 is 14.9 Å². The molecule has 0 saturated carbocycles. The Bertz CT molecular complexity index is 1160. The zero-order chi connectivity index (χ0) is 22.4. The fourth-order valence-corrected chi connectivity index (χ4v) is 4.53. The van der Waals surface area contributed by atoms with Crippen molar-refractivity contribution in [1.82, 2.24) is 0 Å². The van der Waals surface area contributed by atoms with E-state index in [1.54, 1.807) is 85.8 Å². The molecule has 0 saturated heterocycles. The minimum absolute atomic E-state index is 0.174. The van der Waals surface area contributed by atoms with Gasteiger partial charge in [-0.2, -0.15) is 0 Å². The van der Waals surface area contributed by atoms with E-state index in [9.17, 15) is 18.0 Å². The van der Waals surface area contributed by atoms with Crippen LogP contribution in [-0.2, 0) is 14.8 Å². The van der Waals surface area contributed by atoms with Crippen molar-refractivity contribution in [2.24, 2.45) is 0 Å². The molecule has 3 aromatic carbocycles. The van der Waals surface area contributed by atoms with Crippen molar-refractivity contribution in [3.8, 4) is 0 Å². The van der Waals surface area contributed by atoms with Crippen LogP contribution in [0.15, 0.2) is 83.8 Å². The average molecular weight is 438 g/mol. The third kappa shape index (κ3) is 5.29. The van der Waals surface area contributed by atoms with Crippen LogP contribution in [0, 0.1) is 0 Å². The number of rotatable bonds is 7. The molecule has 0 aliphatic rings. The molecule has 31 heavy (non-hydrogen) atoms. The van der Waals surface area contributed by atoms with Gasteiger partial charge >= 0.3 is 0 Å². The summed E-state index contributed by atoms with van der Waals surface area (Å²) in [6.07, 6.45) is 0. The first-order valence-corrected chi connectivity index (χ1v) is 11.1. The van der Waals surface area contributed by atoms with Crippen LogP contribution in [0.25, 0.3) is 0 Å². The third-order valence-corrected chi connectivity index (χ3v) is 6.42. The summed E-state index contributed by atoms with van der Waals surface area (Å²) in [5, 5.41) is 5.43. The molecule has 0 unspecified atom stereocenters. The summed E-state index contributed by atoms with van der Waals surface area (Å²) in [6.45, 7) is 3.43. The second-order valence-corrected chi connectivity index (χ2v) is 8.60. The molecule has 7 nitrogen and oxygen atoms in total. The number of carbonyl (C=O) groups is 2. The fraction of sp³-hybridized carbons (Fsp3) is 0.130. The number of anilines is 3. The van der Waals surface area contributed by atoms with Crippen molar-refractivity contribution in [3.63, 3.8) is 0 Å². The van der Waals surface area contributed by atoms with E-state index in [4.69, 9.17) is 0 Å². The second kappa shape index (κ2) is 9.44. The SMILES string of the molecule is CCN(c1ccc(C(=O)Nc2ccc(NC(C)=O)cc2)cc1)S(=O)(=O)c1ccccc1. The highest BCUT2D eigenvalue weighted by atomic mass is 32.2. The van der Waals surface area contributed by atoms with Gasteiger partial charge in [0.05, 0.1) is 10.6 Å². The van der Waals surface area contributed by atoms with E-state index in [0.29, 0.717) is 22.6 Å². The Morgan fingerprint density at radius 3 is 1.87 bits per heavy atom. The Morgan fingerprint density at radius 1 is 0.806 bits per heavy atom. The highest BCUT2D eigenvalue weighted by molar-refractivity contribution is 7.92. The number of nitrogens with one attached hydrogen (secondary N) is 2. The van der Waals surface area contributed by atoms with Crippen molar-refractivity contribution in [2.75, 3.05) is 21.5 Å². The fourth-order valence-electron chi connectivity index (χ4n) is 3.03. The standard InChI is InChI=1S/C23H23N3O4S/c1-3-26(31(29,30)22-7-5-4-6-8-22)21-15-9-18(10-16-21)23(28)25-20-13-11-19(12-14-20)24-17(2)27/h4-16H,3H2,1-2H3,(H,24,27)(H,25,28). The first kappa shape index (κ1) is 22.0. The predicted octanol–water partition coefficient (Wildman–Crippen LogP) is 4.11. The molecular formula is C23H23N3O4S. The molecule has 0 aliphatic heterocycles. The molecule has 0 bridgehead atoms. The van der Waals surface area contributed by atoms with E-state index in [2.05, 4.69) is 10.6 Å². The molecule has 2 amide bonds. The lowest BCUT2D eigenvalue weighted by Gasteiger charge is -2.23. The number of carbonyl (C=O) groups excluding carboxylic acids is 2. The average Bonchev–Trinajstić information content (AvgIpc) is 2.76. The Kier molecular flexibility index (Phi) is 6.71. The Labute approximate surface area is 181 Å². The highest BCUT2D eigenvalue weighted by Gasteiger charge is 2.23. The van der Waals surface area contributed by atoms with Crippen LogP contribution in [0.4, 0.5) is 17.1 Å². The Morgan fingerprint density at radius 2 is 1.35 bits per heavy atom. The van der Waals surface area contributed by atoms with Gasteiger partial charge in [-0.3, -0.25) is 13.9 Å². The van der Waals surface area contributed by atoms with E-state index >= 15 is 0 Å². The number of sulfonamides is 1. The number of amides is 2. The van der Waals surface area contributed by atoms with E-state index < -0.39 is 10.0 Å². The van der Waals surface area contributed by atoms with Crippen LogP contribution in [0.1, 0.15) is 24.2 Å². The van der Waals surface area contributed by atoms with Crippen molar-refractivity contribution >= 4 is 38.9 Å². The quantitative estimate of drug-likeness (QED) is 0.581. The summed E-state index contributed by atoms with van der Waals surface area (Å²) in [5.74, 6) is -0.500. The maximum Gasteiger partial charge on any atom is 0.264 e. The van der Waals surface area contributed by atoms with E-state index in [1.807, 2.05) is 0 Å². The van der Waals surface area contributed by atoms with E-state index in [0.717, 1.165) is 0 Å². The van der Waals surface area contributed by atoms with Gasteiger partial charge in [-0.15, -0.1) is 0 Å². The maximum absolute atomic E-state index is 12.9. The second-order valence-electron chi connectivity index (χ2n) is 6.74. The molecule has 0 aromatic heterocycles. The van der Waals surface area contributed by atoms with Gasteiger partial charge in [-0.1, -0.05) is 18.2 Å². The van der Waals surface area contributed by atoms with Crippen LogP contribution in [0.2, 0.25) is 0 Å². The molecule has 0 aliphatic carbocycles. The molecule has 0 atom stereocenters. The summed E-state index contributed by atoms with van der Waals surface area (Å²) < 4.78 is 27.2. The van der Waals surface area contributed by atoms with Gasteiger partial charge in [0.15, 0.2) is 0 Å². The number of hydrogen-bond donors (Lipinski definition) is 2. The van der Waals surface area contributed by atoms with Gasteiger partial charge in [0.2, 0.25) is 5.91 Å². The molecule has 3 aromatic rings. The maximum atomic E-state index is 12.9. The van der Waals surface area contributed by atoms with Crippen LogP contribution in [0.3, 0.4) is 0 Å². The Hall–Kier alpha value is -3.65. The van der Waals surface area contributed by atoms with Gasteiger partial charge in [0.1, 0.15) is 0 Å². The summed E-state index contributed by atoms with van der Waals surface area (Å²) in [4.78, 5) is 23.8. The lowest BCUT2D eigenvalue weighted by Crippen LogP contribution is -2.30. The normalized spacial score (nSPS) is 10.9. The van der Waals surface area contributed by atoms with Gasteiger partial charge < -0.3 is 10.6 Å². The Balaban J connectivity index is 1.74. The zero-order valence-corrected chi connectivity index (χ0v) is 18.0. The number of nitrogens with zero attached hydrogens (tertiary/aromatic N) is 1. The zero-order valence-electron chi connectivity index (χ0n) is 17.2. The summed E-state index contributed by atoms with van der Waals surface area (Å²) in [5.41, 5.74) is 2.07. The molecule has 0 spiro atoms. The largest absolute Gasteiger partial charge is 0.326 e. The van der Waals surface area contributed by atoms with Gasteiger partial charge in [-0.05, 0) is 67.6 Å². The smallest absolute Gasteiger partial charge is 0.264 e. The highest BCUT2D eigenvalue weighted by Crippen LogP contribution is 2.24. The third-order valence-electron chi connectivity index (χ3n) is 4.50. The summed E-state index contributed by atoms with van der Waals surface area (Å²) >= 11 is 0. The van der Waals surface area contributed by atoms with Crippen molar-refractivity contribution in [1.29, 1.82) is 0 Å². The molecular weight excluding hydrogens is 414 g/mol.